The lowest BCUT2D eigenvalue weighted by atomic mass is 10.1. The summed E-state index contributed by atoms with van der Waals surface area (Å²) in [6, 6.07) is 12.7. The molecule has 0 N–H and O–H groups in total. The second-order valence-corrected chi connectivity index (χ2v) is 6.73. The van der Waals surface area contributed by atoms with Gasteiger partial charge in [-0.25, -0.2) is 0 Å². The lowest BCUT2D eigenvalue weighted by Crippen LogP contribution is -2.19. The molecule has 0 fully saturated rings. The molecule has 4 rings (SSSR count). The van der Waals surface area contributed by atoms with Crippen molar-refractivity contribution in [1.29, 1.82) is 0 Å². The zero-order valence-electron chi connectivity index (χ0n) is 15.7. The van der Waals surface area contributed by atoms with Crippen LogP contribution in [0.15, 0.2) is 70.2 Å². The maximum atomic E-state index is 12.7. The minimum absolute atomic E-state index is 0.0523. The number of benzene rings is 1. The van der Waals surface area contributed by atoms with Gasteiger partial charge in [0.15, 0.2) is 0 Å². The van der Waals surface area contributed by atoms with Gasteiger partial charge in [0, 0.05) is 24.0 Å². The van der Waals surface area contributed by atoms with Crippen LogP contribution < -0.4 is 5.56 Å². The van der Waals surface area contributed by atoms with Crippen molar-refractivity contribution in [2.75, 3.05) is 0 Å². The molecule has 0 atom stereocenters. The third-order valence-electron chi connectivity index (χ3n) is 4.40. The molecule has 4 aromatic rings. The Bertz CT molecular complexity index is 1240. The Balaban J connectivity index is 1.60. The molecule has 0 aliphatic carbocycles. The summed E-state index contributed by atoms with van der Waals surface area (Å²) in [7, 11) is 0. The Morgan fingerprint density at radius 1 is 1.07 bits per heavy atom. The van der Waals surface area contributed by atoms with E-state index in [4.69, 9.17) is 4.52 Å². The summed E-state index contributed by atoms with van der Waals surface area (Å²) >= 11 is 0. The number of rotatable bonds is 4. The van der Waals surface area contributed by atoms with Crippen LogP contribution in [0.3, 0.4) is 0 Å². The first-order chi connectivity index (χ1) is 14.3. The average Bonchev–Trinajstić information content (AvgIpc) is 3.20. The monoisotopic (exact) mass is 412 g/mol. The third-order valence-corrected chi connectivity index (χ3v) is 4.40. The number of aromatic nitrogens is 4. The van der Waals surface area contributed by atoms with Gasteiger partial charge in [-0.05, 0) is 30.7 Å². The van der Waals surface area contributed by atoms with Gasteiger partial charge >= 0.3 is 6.18 Å². The van der Waals surface area contributed by atoms with E-state index in [1.165, 1.54) is 22.9 Å². The summed E-state index contributed by atoms with van der Waals surface area (Å²) in [6.45, 7) is 2.01. The molecular formula is C21H15F3N4O2. The SMILES string of the molecule is Cc1cccc(-c2noc(-c3ccc(=O)n(Cc4ccc(C(F)(F)F)nc4)c3)n2)c1. The van der Waals surface area contributed by atoms with Crippen LogP contribution in [0.4, 0.5) is 13.2 Å². The molecule has 6 nitrogen and oxygen atoms in total. The number of pyridine rings is 2. The molecule has 0 saturated carbocycles. The molecule has 0 aliphatic rings. The van der Waals surface area contributed by atoms with E-state index in [-0.39, 0.29) is 18.0 Å². The highest BCUT2D eigenvalue weighted by atomic mass is 19.4. The quantitative estimate of drug-likeness (QED) is 0.499. The Kier molecular flexibility index (Phi) is 4.94. The van der Waals surface area contributed by atoms with Crippen LogP contribution in [0, 0.1) is 6.92 Å². The van der Waals surface area contributed by atoms with Crippen molar-refractivity contribution in [2.24, 2.45) is 0 Å². The molecule has 0 unspecified atom stereocenters. The van der Waals surface area contributed by atoms with Crippen LogP contribution in [-0.2, 0) is 12.7 Å². The van der Waals surface area contributed by atoms with Gasteiger partial charge in [0.1, 0.15) is 5.69 Å². The number of halogens is 3. The molecule has 9 heteroatoms. The summed E-state index contributed by atoms with van der Waals surface area (Å²) in [5.74, 6) is 0.643. The second-order valence-electron chi connectivity index (χ2n) is 6.73. The minimum atomic E-state index is -4.51. The number of aryl methyl sites for hydroxylation is 1. The number of alkyl halides is 3. The summed E-state index contributed by atoms with van der Waals surface area (Å²) in [6.07, 6.45) is -1.89. The highest BCUT2D eigenvalue weighted by Crippen LogP contribution is 2.27. The van der Waals surface area contributed by atoms with Crippen LogP contribution in [0.5, 0.6) is 0 Å². The first kappa shape index (κ1) is 19.6. The van der Waals surface area contributed by atoms with Gasteiger partial charge in [0.05, 0.1) is 12.1 Å². The molecular weight excluding hydrogens is 397 g/mol. The molecule has 3 aromatic heterocycles. The largest absolute Gasteiger partial charge is 0.433 e. The van der Waals surface area contributed by atoms with Crippen molar-refractivity contribution in [2.45, 2.75) is 19.6 Å². The van der Waals surface area contributed by atoms with Crippen molar-refractivity contribution in [3.63, 3.8) is 0 Å². The fraction of sp³-hybridized carbons (Fsp3) is 0.143. The summed E-state index contributed by atoms with van der Waals surface area (Å²) in [5, 5.41) is 3.98. The average molecular weight is 412 g/mol. The standard InChI is InChI=1S/C21H15F3N4O2/c1-13-3-2-4-15(9-13)19-26-20(30-27-19)16-6-8-18(29)28(12-16)11-14-5-7-17(25-10-14)21(22,23)24/h2-10,12H,11H2,1H3. The fourth-order valence-corrected chi connectivity index (χ4v) is 2.91. The van der Waals surface area contributed by atoms with E-state index in [9.17, 15) is 18.0 Å². The topological polar surface area (TPSA) is 73.8 Å². The van der Waals surface area contributed by atoms with Gasteiger partial charge in [-0.15, -0.1) is 0 Å². The van der Waals surface area contributed by atoms with Gasteiger partial charge in [-0.3, -0.25) is 9.78 Å². The van der Waals surface area contributed by atoms with Gasteiger partial charge in [-0.2, -0.15) is 18.2 Å². The molecule has 0 amide bonds. The Morgan fingerprint density at radius 3 is 2.60 bits per heavy atom. The lowest BCUT2D eigenvalue weighted by molar-refractivity contribution is -0.141. The van der Waals surface area contributed by atoms with E-state index < -0.39 is 11.9 Å². The summed E-state index contributed by atoms with van der Waals surface area (Å²) in [5.41, 5.74) is 1.51. The molecule has 0 radical (unpaired) electrons. The lowest BCUT2D eigenvalue weighted by Gasteiger charge is -2.09. The number of nitrogens with zero attached hydrogens (tertiary/aromatic N) is 4. The van der Waals surface area contributed by atoms with Gasteiger partial charge < -0.3 is 9.09 Å². The summed E-state index contributed by atoms with van der Waals surface area (Å²) in [4.78, 5) is 20.0. The second kappa shape index (κ2) is 7.58. The molecule has 0 aliphatic heterocycles. The normalized spacial score (nSPS) is 11.6. The molecule has 0 saturated heterocycles. The number of hydrogen-bond donors (Lipinski definition) is 0. The molecule has 0 spiro atoms. The maximum absolute atomic E-state index is 12.7. The first-order valence-electron chi connectivity index (χ1n) is 8.93. The van der Waals surface area contributed by atoms with Gasteiger partial charge in [0.2, 0.25) is 5.82 Å². The highest BCUT2D eigenvalue weighted by Gasteiger charge is 2.32. The minimum Gasteiger partial charge on any atom is -0.334 e. The van der Waals surface area contributed by atoms with Crippen LogP contribution in [0.1, 0.15) is 16.8 Å². The van der Waals surface area contributed by atoms with E-state index >= 15 is 0 Å². The smallest absolute Gasteiger partial charge is 0.334 e. The predicted molar refractivity (Wildman–Crippen MR) is 103 cm³/mol. The van der Waals surface area contributed by atoms with Crippen molar-refractivity contribution >= 4 is 0 Å². The Morgan fingerprint density at radius 2 is 1.90 bits per heavy atom. The summed E-state index contributed by atoms with van der Waals surface area (Å²) < 4.78 is 44.6. The van der Waals surface area contributed by atoms with Crippen LogP contribution >= 0.6 is 0 Å². The van der Waals surface area contributed by atoms with E-state index in [2.05, 4.69) is 15.1 Å². The maximum Gasteiger partial charge on any atom is 0.433 e. The fourth-order valence-electron chi connectivity index (χ4n) is 2.91. The zero-order chi connectivity index (χ0) is 21.3. The van der Waals surface area contributed by atoms with E-state index in [0.717, 1.165) is 23.4 Å². The van der Waals surface area contributed by atoms with E-state index in [1.807, 2.05) is 31.2 Å². The number of hydrogen-bond acceptors (Lipinski definition) is 5. The third kappa shape index (κ3) is 4.14. The van der Waals surface area contributed by atoms with E-state index in [0.29, 0.717) is 17.0 Å². The van der Waals surface area contributed by atoms with Crippen molar-refractivity contribution < 1.29 is 17.7 Å². The van der Waals surface area contributed by atoms with Crippen LogP contribution in [-0.4, -0.2) is 19.7 Å². The van der Waals surface area contributed by atoms with Gasteiger partial charge in [-0.1, -0.05) is 35.0 Å². The van der Waals surface area contributed by atoms with Gasteiger partial charge in [0.25, 0.3) is 11.4 Å². The molecule has 1 aromatic carbocycles. The zero-order valence-corrected chi connectivity index (χ0v) is 15.7. The van der Waals surface area contributed by atoms with Crippen molar-refractivity contribution in [3.05, 3.63) is 88.1 Å². The molecule has 3 heterocycles. The molecule has 152 valence electrons. The first-order valence-corrected chi connectivity index (χ1v) is 8.93. The van der Waals surface area contributed by atoms with Crippen LogP contribution in [0.25, 0.3) is 22.8 Å². The predicted octanol–water partition coefficient (Wildman–Crippen LogP) is 4.34. The Labute approximate surface area is 168 Å². The van der Waals surface area contributed by atoms with E-state index in [1.54, 1.807) is 6.07 Å². The molecule has 30 heavy (non-hydrogen) atoms. The highest BCUT2D eigenvalue weighted by molar-refractivity contribution is 5.59. The Hall–Kier alpha value is -3.75. The van der Waals surface area contributed by atoms with Crippen molar-refractivity contribution in [3.8, 4) is 22.8 Å². The molecule has 0 bridgehead atoms. The van der Waals surface area contributed by atoms with Crippen LogP contribution in [0.2, 0.25) is 0 Å². The van der Waals surface area contributed by atoms with Crippen molar-refractivity contribution in [1.82, 2.24) is 19.7 Å².